The molecular weight excluding hydrogens is 342 g/mol. The zero-order valence-electron chi connectivity index (χ0n) is 16.4. The lowest BCUT2D eigenvalue weighted by atomic mass is 10.0. The van der Waals surface area contributed by atoms with Crippen LogP contribution in [-0.4, -0.2) is 33.8 Å². The molecule has 0 saturated heterocycles. The molecule has 2 rings (SSSR count). The van der Waals surface area contributed by atoms with Crippen molar-refractivity contribution in [2.75, 3.05) is 27.9 Å². The largest absolute Gasteiger partial charge is 0.496 e. The fourth-order valence-electron chi connectivity index (χ4n) is 3.00. The molecule has 1 amide bonds. The first-order valence-corrected chi connectivity index (χ1v) is 8.81. The molecule has 0 heterocycles. The SMILES string of the molecule is C=CCc1cc(C(=O)NCCc2cc(C)ccc2OC)cc(OC)c1OC. The summed E-state index contributed by atoms with van der Waals surface area (Å²) in [7, 11) is 4.79. The number of hydrogen-bond acceptors (Lipinski definition) is 4. The number of carbonyl (C=O) groups is 1. The summed E-state index contributed by atoms with van der Waals surface area (Å²) in [6, 6.07) is 9.53. The van der Waals surface area contributed by atoms with Crippen molar-refractivity contribution in [1.82, 2.24) is 5.32 Å². The van der Waals surface area contributed by atoms with E-state index in [0.29, 0.717) is 36.4 Å². The van der Waals surface area contributed by atoms with E-state index in [1.165, 1.54) is 0 Å². The van der Waals surface area contributed by atoms with E-state index in [2.05, 4.69) is 18.0 Å². The Morgan fingerprint density at radius 1 is 1.04 bits per heavy atom. The smallest absolute Gasteiger partial charge is 0.251 e. The number of hydrogen-bond donors (Lipinski definition) is 1. The summed E-state index contributed by atoms with van der Waals surface area (Å²) >= 11 is 0. The Kier molecular flexibility index (Phi) is 7.29. The maximum absolute atomic E-state index is 12.6. The summed E-state index contributed by atoms with van der Waals surface area (Å²) in [4.78, 5) is 12.6. The molecule has 0 saturated carbocycles. The number of ether oxygens (including phenoxy) is 3. The molecule has 0 bridgehead atoms. The highest BCUT2D eigenvalue weighted by molar-refractivity contribution is 5.95. The summed E-state index contributed by atoms with van der Waals surface area (Å²) < 4.78 is 16.2. The van der Waals surface area contributed by atoms with Gasteiger partial charge in [0.15, 0.2) is 11.5 Å². The highest BCUT2D eigenvalue weighted by Crippen LogP contribution is 2.33. The Bertz CT molecular complexity index is 814. The quantitative estimate of drug-likeness (QED) is 0.685. The fourth-order valence-corrected chi connectivity index (χ4v) is 3.00. The zero-order chi connectivity index (χ0) is 19.8. The predicted octanol–water partition coefficient (Wildman–Crippen LogP) is 3.72. The number of allylic oxidation sites excluding steroid dienone is 1. The van der Waals surface area contributed by atoms with Gasteiger partial charge in [0.05, 0.1) is 21.3 Å². The average molecular weight is 369 g/mol. The molecule has 1 N–H and O–H groups in total. The van der Waals surface area contributed by atoms with E-state index in [-0.39, 0.29) is 5.91 Å². The molecule has 27 heavy (non-hydrogen) atoms. The number of rotatable bonds is 9. The van der Waals surface area contributed by atoms with Crippen molar-refractivity contribution in [3.63, 3.8) is 0 Å². The van der Waals surface area contributed by atoms with Crippen LogP contribution in [0, 0.1) is 6.92 Å². The van der Waals surface area contributed by atoms with Gasteiger partial charge in [0, 0.05) is 17.7 Å². The molecule has 0 aromatic heterocycles. The topological polar surface area (TPSA) is 56.8 Å². The van der Waals surface area contributed by atoms with Gasteiger partial charge in [-0.2, -0.15) is 0 Å². The summed E-state index contributed by atoms with van der Waals surface area (Å²) in [5.41, 5.74) is 3.61. The van der Waals surface area contributed by atoms with Crippen LogP contribution in [0.2, 0.25) is 0 Å². The number of nitrogens with one attached hydrogen (secondary N) is 1. The Labute approximate surface area is 161 Å². The van der Waals surface area contributed by atoms with E-state index in [4.69, 9.17) is 14.2 Å². The molecule has 2 aromatic rings. The normalized spacial score (nSPS) is 10.2. The van der Waals surface area contributed by atoms with Crippen molar-refractivity contribution in [2.45, 2.75) is 19.8 Å². The van der Waals surface area contributed by atoms with Gasteiger partial charge < -0.3 is 19.5 Å². The van der Waals surface area contributed by atoms with Crippen LogP contribution in [0.15, 0.2) is 43.0 Å². The second-order valence-corrected chi connectivity index (χ2v) is 6.18. The first-order chi connectivity index (χ1) is 13.0. The Morgan fingerprint density at radius 2 is 1.78 bits per heavy atom. The molecule has 144 valence electrons. The van der Waals surface area contributed by atoms with Crippen molar-refractivity contribution < 1.29 is 19.0 Å². The van der Waals surface area contributed by atoms with Crippen molar-refractivity contribution in [3.05, 3.63) is 65.2 Å². The maximum Gasteiger partial charge on any atom is 0.251 e. The Balaban J connectivity index is 2.13. The lowest BCUT2D eigenvalue weighted by Crippen LogP contribution is -2.26. The van der Waals surface area contributed by atoms with Gasteiger partial charge in [0.25, 0.3) is 5.91 Å². The Hall–Kier alpha value is -2.95. The first-order valence-electron chi connectivity index (χ1n) is 8.81. The summed E-state index contributed by atoms with van der Waals surface area (Å²) in [6.07, 6.45) is 3.04. The van der Waals surface area contributed by atoms with Crippen LogP contribution in [0.1, 0.15) is 27.0 Å². The molecule has 5 heteroatoms. The van der Waals surface area contributed by atoms with Crippen LogP contribution in [-0.2, 0) is 12.8 Å². The van der Waals surface area contributed by atoms with Crippen molar-refractivity contribution in [3.8, 4) is 17.2 Å². The number of amides is 1. The average Bonchev–Trinajstić information content (AvgIpc) is 2.67. The molecule has 2 aromatic carbocycles. The molecule has 0 aliphatic carbocycles. The molecule has 0 radical (unpaired) electrons. The van der Waals surface area contributed by atoms with E-state index < -0.39 is 0 Å². The van der Waals surface area contributed by atoms with Gasteiger partial charge in [0.1, 0.15) is 5.75 Å². The monoisotopic (exact) mass is 369 g/mol. The van der Waals surface area contributed by atoms with Crippen molar-refractivity contribution in [2.24, 2.45) is 0 Å². The summed E-state index contributed by atoms with van der Waals surface area (Å²) in [5, 5.41) is 2.96. The minimum absolute atomic E-state index is 0.159. The van der Waals surface area contributed by atoms with Crippen LogP contribution in [0.25, 0.3) is 0 Å². The third kappa shape index (κ3) is 5.03. The van der Waals surface area contributed by atoms with E-state index in [1.807, 2.05) is 25.1 Å². The van der Waals surface area contributed by atoms with Crippen molar-refractivity contribution >= 4 is 5.91 Å². The molecule has 0 unspecified atom stereocenters. The molecule has 5 nitrogen and oxygen atoms in total. The second kappa shape index (κ2) is 9.67. The lowest BCUT2D eigenvalue weighted by Gasteiger charge is -2.15. The number of aryl methyl sites for hydroxylation is 1. The highest BCUT2D eigenvalue weighted by Gasteiger charge is 2.15. The molecule has 0 fully saturated rings. The number of benzene rings is 2. The predicted molar refractivity (Wildman–Crippen MR) is 107 cm³/mol. The summed E-state index contributed by atoms with van der Waals surface area (Å²) in [5.74, 6) is 1.82. The molecule has 0 atom stereocenters. The van der Waals surface area contributed by atoms with Gasteiger partial charge in [-0.1, -0.05) is 23.8 Å². The minimum Gasteiger partial charge on any atom is -0.496 e. The first kappa shape index (κ1) is 20.4. The minimum atomic E-state index is -0.159. The Morgan fingerprint density at radius 3 is 2.41 bits per heavy atom. The maximum atomic E-state index is 12.6. The van der Waals surface area contributed by atoms with Gasteiger partial charge in [-0.05, 0) is 43.5 Å². The molecule has 0 spiro atoms. The van der Waals surface area contributed by atoms with E-state index in [9.17, 15) is 4.79 Å². The van der Waals surface area contributed by atoms with Gasteiger partial charge in [-0.25, -0.2) is 0 Å². The van der Waals surface area contributed by atoms with Crippen LogP contribution in [0.5, 0.6) is 17.2 Å². The van der Waals surface area contributed by atoms with Crippen LogP contribution >= 0.6 is 0 Å². The zero-order valence-corrected chi connectivity index (χ0v) is 16.4. The highest BCUT2D eigenvalue weighted by atomic mass is 16.5. The van der Waals surface area contributed by atoms with E-state index >= 15 is 0 Å². The van der Waals surface area contributed by atoms with Crippen LogP contribution < -0.4 is 19.5 Å². The van der Waals surface area contributed by atoms with E-state index in [0.717, 1.165) is 22.4 Å². The lowest BCUT2D eigenvalue weighted by molar-refractivity contribution is 0.0953. The van der Waals surface area contributed by atoms with Crippen LogP contribution in [0.4, 0.5) is 0 Å². The fraction of sp³-hybridized carbons (Fsp3) is 0.318. The van der Waals surface area contributed by atoms with E-state index in [1.54, 1.807) is 33.5 Å². The standard InChI is InChI=1S/C22H27NO4/c1-6-7-17-13-18(14-20(26-4)21(17)27-5)22(24)23-11-10-16-12-15(2)8-9-19(16)25-3/h6,8-9,12-14H,1,7,10-11H2,2-5H3,(H,23,24). The van der Waals surface area contributed by atoms with Gasteiger partial charge >= 0.3 is 0 Å². The number of carbonyl (C=O) groups excluding carboxylic acids is 1. The summed E-state index contributed by atoms with van der Waals surface area (Å²) in [6.45, 7) is 6.30. The molecule has 0 aliphatic rings. The van der Waals surface area contributed by atoms with Gasteiger partial charge in [-0.15, -0.1) is 6.58 Å². The van der Waals surface area contributed by atoms with Gasteiger partial charge in [0.2, 0.25) is 0 Å². The van der Waals surface area contributed by atoms with Crippen LogP contribution in [0.3, 0.4) is 0 Å². The van der Waals surface area contributed by atoms with Crippen molar-refractivity contribution in [1.29, 1.82) is 0 Å². The second-order valence-electron chi connectivity index (χ2n) is 6.18. The number of methoxy groups -OCH3 is 3. The third-order valence-corrected chi connectivity index (χ3v) is 4.30. The van der Waals surface area contributed by atoms with Gasteiger partial charge in [-0.3, -0.25) is 4.79 Å². The molecule has 0 aliphatic heterocycles. The third-order valence-electron chi connectivity index (χ3n) is 4.30. The molecular formula is C22H27NO4.